The van der Waals surface area contributed by atoms with Crippen LogP contribution in [-0.4, -0.2) is 25.2 Å². The number of carbonyl (C=O) groups is 1. The smallest absolute Gasteiger partial charge is 0.431 e. The monoisotopic (exact) mass is 181 g/mol. The van der Waals surface area contributed by atoms with Gasteiger partial charge in [0.15, 0.2) is 0 Å². The van der Waals surface area contributed by atoms with Gasteiger partial charge in [-0.25, -0.2) is 4.79 Å². The van der Waals surface area contributed by atoms with Gasteiger partial charge >= 0.3 is 6.09 Å². The van der Waals surface area contributed by atoms with Crippen LogP contribution in [0.4, 0.5) is 4.79 Å². The fourth-order valence-electron chi connectivity index (χ4n) is 0.397. The van der Waals surface area contributed by atoms with Crippen molar-refractivity contribution in [2.45, 2.75) is 13.3 Å². The summed E-state index contributed by atoms with van der Waals surface area (Å²) in [5.41, 5.74) is 2.10. The van der Waals surface area contributed by atoms with E-state index < -0.39 is 6.09 Å². The second kappa shape index (κ2) is 7.63. The van der Waals surface area contributed by atoms with Gasteiger partial charge in [0.1, 0.15) is 0 Å². The lowest BCUT2D eigenvalue weighted by molar-refractivity contribution is 0.0301. The van der Waals surface area contributed by atoms with Crippen molar-refractivity contribution >= 4 is 17.7 Å². The lowest BCUT2D eigenvalue weighted by Crippen LogP contribution is -2.25. The zero-order valence-electron chi connectivity index (χ0n) is 6.43. The highest BCUT2D eigenvalue weighted by molar-refractivity contribution is 6.17. The van der Waals surface area contributed by atoms with Gasteiger partial charge < -0.3 is 4.74 Å². The van der Waals surface area contributed by atoms with Crippen LogP contribution in [0.1, 0.15) is 13.3 Å². The first-order valence-corrected chi connectivity index (χ1v) is 3.95. The van der Waals surface area contributed by atoms with Crippen molar-refractivity contribution in [1.82, 2.24) is 5.48 Å². The molecule has 0 atom stereocenters. The quantitative estimate of drug-likeness (QED) is 0.395. The van der Waals surface area contributed by atoms with Crippen molar-refractivity contribution < 1.29 is 14.4 Å². The van der Waals surface area contributed by atoms with E-state index in [1.54, 1.807) is 6.92 Å². The van der Waals surface area contributed by atoms with E-state index in [1.165, 1.54) is 0 Å². The number of amides is 1. The number of rotatable bonds is 5. The lowest BCUT2D eigenvalue weighted by Gasteiger charge is -2.03. The normalized spacial score (nSPS) is 9.27. The predicted molar refractivity (Wildman–Crippen MR) is 41.4 cm³/mol. The van der Waals surface area contributed by atoms with Gasteiger partial charge in [-0.2, -0.15) is 5.48 Å². The van der Waals surface area contributed by atoms with Crippen LogP contribution < -0.4 is 5.48 Å². The minimum Gasteiger partial charge on any atom is -0.448 e. The van der Waals surface area contributed by atoms with E-state index in [2.05, 4.69) is 15.1 Å². The first kappa shape index (κ1) is 10.5. The Balaban J connectivity index is 3.04. The molecule has 11 heavy (non-hydrogen) atoms. The van der Waals surface area contributed by atoms with E-state index in [0.717, 1.165) is 0 Å². The molecule has 1 amide bonds. The van der Waals surface area contributed by atoms with Gasteiger partial charge in [0.25, 0.3) is 0 Å². The Morgan fingerprint density at radius 2 is 2.36 bits per heavy atom. The van der Waals surface area contributed by atoms with Crippen LogP contribution in [-0.2, 0) is 9.57 Å². The molecule has 0 saturated carbocycles. The van der Waals surface area contributed by atoms with Gasteiger partial charge in [-0.15, -0.1) is 11.6 Å². The largest absolute Gasteiger partial charge is 0.448 e. The molecule has 0 aromatic rings. The minimum absolute atomic E-state index is 0.338. The molecular formula is C6H12ClNO3. The van der Waals surface area contributed by atoms with Gasteiger partial charge in [0.05, 0.1) is 13.2 Å². The molecule has 0 aliphatic rings. The molecular weight excluding hydrogens is 170 g/mol. The lowest BCUT2D eigenvalue weighted by atomic mass is 10.5. The fraction of sp³-hybridized carbons (Fsp3) is 0.833. The van der Waals surface area contributed by atoms with Crippen LogP contribution in [0.2, 0.25) is 0 Å². The van der Waals surface area contributed by atoms with E-state index in [4.69, 9.17) is 11.6 Å². The van der Waals surface area contributed by atoms with Gasteiger partial charge in [-0.05, 0) is 13.3 Å². The van der Waals surface area contributed by atoms with E-state index in [0.29, 0.717) is 25.5 Å². The highest BCUT2D eigenvalue weighted by Crippen LogP contribution is 1.84. The maximum atomic E-state index is 10.5. The Morgan fingerprint density at radius 3 is 2.91 bits per heavy atom. The first-order chi connectivity index (χ1) is 5.31. The summed E-state index contributed by atoms with van der Waals surface area (Å²) in [6.07, 6.45) is 0.135. The number of halogens is 1. The maximum Gasteiger partial charge on any atom is 0.431 e. The van der Waals surface area contributed by atoms with Crippen LogP contribution >= 0.6 is 11.6 Å². The van der Waals surface area contributed by atoms with Crippen LogP contribution in [0, 0.1) is 0 Å². The third-order valence-electron chi connectivity index (χ3n) is 0.811. The summed E-state index contributed by atoms with van der Waals surface area (Å²) in [6, 6.07) is 0. The Bertz CT molecular complexity index is 110. The van der Waals surface area contributed by atoms with Crippen LogP contribution in [0.5, 0.6) is 0 Å². The molecule has 0 spiro atoms. The summed E-state index contributed by atoms with van der Waals surface area (Å²) in [6.45, 7) is 2.46. The highest BCUT2D eigenvalue weighted by atomic mass is 35.5. The number of hydrogen-bond acceptors (Lipinski definition) is 3. The zero-order valence-corrected chi connectivity index (χ0v) is 7.19. The Hall–Kier alpha value is -0.480. The molecule has 0 fully saturated rings. The van der Waals surface area contributed by atoms with Crippen LogP contribution in [0.3, 0.4) is 0 Å². The number of hydroxylamine groups is 1. The van der Waals surface area contributed by atoms with E-state index >= 15 is 0 Å². The Morgan fingerprint density at radius 1 is 1.64 bits per heavy atom. The maximum absolute atomic E-state index is 10.5. The van der Waals surface area contributed by atoms with Crippen molar-refractivity contribution in [3.05, 3.63) is 0 Å². The van der Waals surface area contributed by atoms with E-state index in [1.807, 2.05) is 0 Å². The van der Waals surface area contributed by atoms with Gasteiger partial charge in [-0.3, -0.25) is 4.84 Å². The number of alkyl halides is 1. The summed E-state index contributed by atoms with van der Waals surface area (Å²) in [7, 11) is 0. The minimum atomic E-state index is -0.568. The molecule has 0 aromatic heterocycles. The molecule has 0 bridgehead atoms. The summed E-state index contributed by atoms with van der Waals surface area (Å²) >= 11 is 5.35. The standard InChI is InChI=1S/C6H12ClNO3/c1-2-10-6(9)8-11-5-3-4-7/h2-5H2,1H3,(H,8,9). The molecule has 0 radical (unpaired) electrons. The fourth-order valence-corrected chi connectivity index (χ4v) is 0.506. The molecule has 0 heterocycles. The summed E-state index contributed by atoms with van der Waals surface area (Å²) in [4.78, 5) is 15.2. The first-order valence-electron chi connectivity index (χ1n) is 3.41. The number of nitrogens with one attached hydrogen (secondary N) is 1. The van der Waals surface area contributed by atoms with E-state index in [-0.39, 0.29) is 0 Å². The van der Waals surface area contributed by atoms with Crippen molar-refractivity contribution in [2.24, 2.45) is 0 Å². The van der Waals surface area contributed by atoms with E-state index in [9.17, 15) is 4.79 Å². The number of hydrogen-bond donors (Lipinski definition) is 1. The molecule has 0 aliphatic heterocycles. The second-order valence-corrected chi connectivity index (χ2v) is 2.09. The van der Waals surface area contributed by atoms with Crippen molar-refractivity contribution in [3.63, 3.8) is 0 Å². The topological polar surface area (TPSA) is 47.6 Å². The number of ether oxygens (including phenoxy) is 1. The molecule has 0 unspecified atom stereocenters. The molecule has 5 heteroatoms. The zero-order chi connectivity index (χ0) is 8.53. The average Bonchev–Trinajstić information content (AvgIpc) is 1.99. The second-order valence-electron chi connectivity index (χ2n) is 1.71. The summed E-state index contributed by atoms with van der Waals surface area (Å²) in [5.74, 6) is 0.518. The molecule has 0 aromatic carbocycles. The SMILES string of the molecule is CCOC(=O)NOCCCCl. The molecule has 0 rings (SSSR count). The molecule has 0 saturated heterocycles. The van der Waals surface area contributed by atoms with Crippen LogP contribution in [0.15, 0.2) is 0 Å². The third kappa shape index (κ3) is 7.42. The predicted octanol–water partition coefficient (Wildman–Crippen LogP) is 1.29. The summed E-state index contributed by atoms with van der Waals surface area (Å²) < 4.78 is 4.51. The highest BCUT2D eigenvalue weighted by Gasteiger charge is 1.97. The third-order valence-corrected chi connectivity index (χ3v) is 1.08. The molecule has 66 valence electrons. The van der Waals surface area contributed by atoms with Gasteiger partial charge in [-0.1, -0.05) is 0 Å². The number of carbonyl (C=O) groups excluding carboxylic acids is 1. The Labute approximate surface area is 70.8 Å². The average molecular weight is 182 g/mol. The van der Waals surface area contributed by atoms with Crippen LogP contribution in [0.25, 0.3) is 0 Å². The van der Waals surface area contributed by atoms with Crippen molar-refractivity contribution in [1.29, 1.82) is 0 Å². The van der Waals surface area contributed by atoms with Gasteiger partial charge in [0, 0.05) is 5.88 Å². The Kier molecular flexibility index (Phi) is 7.29. The molecule has 0 aliphatic carbocycles. The van der Waals surface area contributed by atoms with Crippen molar-refractivity contribution in [2.75, 3.05) is 19.1 Å². The molecule has 1 N–H and O–H groups in total. The van der Waals surface area contributed by atoms with Gasteiger partial charge in [0.2, 0.25) is 0 Å². The summed E-state index contributed by atoms with van der Waals surface area (Å²) in [5, 5.41) is 0. The molecule has 4 nitrogen and oxygen atoms in total. The van der Waals surface area contributed by atoms with Crippen molar-refractivity contribution in [3.8, 4) is 0 Å².